The normalized spacial score (nSPS) is 12.0. The van der Waals surface area contributed by atoms with E-state index in [1.165, 1.54) is 18.2 Å². The molecule has 0 saturated carbocycles. The van der Waals surface area contributed by atoms with E-state index < -0.39 is 19.2 Å². The number of ether oxygens (including phenoxy) is 2. The molecule has 0 fully saturated rings. The van der Waals surface area contributed by atoms with E-state index in [-0.39, 0.29) is 11.5 Å². The van der Waals surface area contributed by atoms with Gasteiger partial charge in [-0.05, 0) is 18.2 Å². The van der Waals surface area contributed by atoms with Crippen molar-refractivity contribution in [2.45, 2.75) is 34.0 Å². The van der Waals surface area contributed by atoms with Gasteiger partial charge in [0.05, 0.1) is 0 Å². The van der Waals surface area contributed by atoms with Crippen molar-refractivity contribution in [3.63, 3.8) is 0 Å². The summed E-state index contributed by atoms with van der Waals surface area (Å²) in [6.07, 6.45) is -3.50. The zero-order valence-electron chi connectivity index (χ0n) is 16.0. The van der Waals surface area contributed by atoms with Gasteiger partial charge in [0.2, 0.25) is 6.93 Å². The maximum Gasteiger partial charge on any atom is 0.586 e. The number of alkyl halides is 4. The van der Waals surface area contributed by atoms with Crippen LogP contribution in [0.2, 0.25) is 0 Å². The van der Waals surface area contributed by atoms with Crippen molar-refractivity contribution in [3.8, 4) is 11.5 Å². The van der Waals surface area contributed by atoms with Crippen molar-refractivity contribution in [2.75, 3.05) is 6.93 Å². The molecule has 0 amide bonds. The number of hydrogen-bond donors (Lipinski definition) is 0. The summed E-state index contributed by atoms with van der Waals surface area (Å²) in [4.78, 5) is 0. The van der Waals surface area contributed by atoms with Crippen molar-refractivity contribution < 1.29 is 35.8 Å². The summed E-state index contributed by atoms with van der Waals surface area (Å²) in [7, 11) is 0. The molecule has 1 aliphatic rings. The van der Waals surface area contributed by atoms with Gasteiger partial charge in [-0.2, -0.15) is 4.39 Å². The lowest BCUT2D eigenvalue weighted by Crippen LogP contribution is -2.25. The average Bonchev–Trinajstić information content (AvgIpc) is 3.22. The van der Waals surface area contributed by atoms with E-state index in [1.807, 2.05) is 45.9 Å². The molecule has 8 heteroatoms. The van der Waals surface area contributed by atoms with E-state index in [0.717, 1.165) is 5.39 Å². The summed E-state index contributed by atoms with van der Waals surface area (Å²) in [6, 6.07) is 14.1. The number of halogens is 5. The zero-order chi connectivity index (χ0) is 21.6. The number of para-hydroxylation sites is 3. The molecule has 0 N–H and O–H groups in total. The van der Waals surface area contributed by atoms with Crippen molar-refractivity contribution in [1.29, 1.82) is 0 Å². The molecule has 0 bridgehead atoms. The topological polar surface area (TPSA) is 31.6 Å². The highest BCUT2D eigenvalue weighted by Gasteiger charge is 2.42. The number of fused-ring (bicyclic) bond motifs is 2. The molecule has 1 aliphatic heterocycles. The molecule has 0 unspecified atom stereocenters. The molecule has 0 aliphatic carbocycles. The van der Waals surface area contributed by atoms with Crippen molar-refractivity contribution in [2.24, 2.45) is 0 Å². The molecule has 3 nitrogen and oxygen atoms in total. The predicted molar refractivity (Wildman–Crippen MR) is 98.6 cm³/mol. The molecule has 28 heavy (non-hydrogen) atoms. The lowest BCUT2D eigenvalue weighted by Gasteiger charge is -2.04. The zero-order valence-corrected chi connectivity index (χ0v) is 16.0. The molecule has 0 spiro atoms. The molecule has 3 aromatic rings. The van der Waals surface area contributed by atoms with E-state index in [4.69, 9.17) is 4.42 Å². The van der Waals surface area contributed by atoms with Gasteiger partial charge in [-0.25, -0.2) is 8.78 Å². The molecular weight excluding hydrogens is 383 g/mol. The van der Waals surface area contributed by atoms with Gasteiger partial charge in [0.1, 0.15) is 5.58 Å². The molecule has 0 atom stereocenters. The van der Waals surface area contributed by atoms with Gasteiger partial charge in [0, 0.05) is 11.5 Å². The standard InChI is InChI=1S/C8H5FO.C7H4F2O2.2C2H6.CH2F2/c9-8-5-6-3-1-2-4-7(6)10-8;8-7(9)10-5-3-1-2-4-6(5)11-7;2*1-2;2-1-3/h1-5H;1-4H;2*1-2H3;1H2. The lowest BCUT2D eigenvalue weighted by molar-refractivity contribution is -0.286. The smallest absolute Gasteiger partial charge is 0.431 e. The van der Waals surface area contributed by atoms with Crippen molar-refractivity contribution in [3.05, 3.63) is 60.6 Å². The van der Waals surface area contributed by atoms with Crippen LogP contribution in [0, 0.1) is 6.01 Å². The summed E-state index contributed by atoms with van der Waals surface area (Å²) >= 11 is 0. The van der Waals surface area contributed by atoms with Gasteiger partial charge < -0.3 is 13.9 Å². The molecule has 2 heterocycles. The Kier molecular flexibility index (Phi) is 12.1. The Morgan fingerprint density at radius 2 is 1.21 bits per heavy atom. The molecule has 2 aromatic carbocycles. The summed E-state index contributed by atoms with van der Waals surface area (Å²) in [5.41, 5.74) is 0.597. The van der Waals surface area contributed by atoms with E-state index in [1.54, 1.807) is 18.2 Å². The van der Waals surface area contributed by atoms with E-state index in [2.05, 4.69) is 9.47 Å². The van der Waals surface area contributed by atoms with Crippen LogP contribution in [0.4, 0.5) is 22.0 Å². The highest BCUT2D eigenvalue weighted by molar-refractivity contribution is 5.76. The fourth-order valence-corrected chi connectivity index (χ4v) is 1.85. The Morgan fingerprint density at radius 3 is 1.68 bits per heavy atom. The minimum absolute atomic E-state index is 0.0810. The molecule has 0 saturated heterocycles. The van der Waals surface area contributed by atoms with E-state index in [0.29, 0.717) is 5.58 Å². The first-order valence-corrected chi connectivity index (χ1v) is 8.56. The maximum absolute atomic E-state index is 12.4. The molecule has 156 valence electrons. The Bertz CT molecular complexity index is 730. The predicted octanol–water partition coefficient (Wildman–Crippen LogP) is 7.52. The fraction of sp³-hybridized carbons (Fsp3) is 0.300. The quantitative estimate of drug-likeness (QED) is 0.362. The monoisotopic (exact) mass is 406 g/mol. The third kappa shape index (κ3) is 8.28. The molecule has 4 rings (SSSR count). The molecule has 0 radical (unpaired) electrons. The lowest BCUT2D eigenvalue weighted by atomic mass is 10.3. The minimum Gasteiger partial charge on any atom is -0.431 e. The van der Waals surface area contributed by atoms with Crippen molar-refractivity contribution >= 4 is 11.0 Å². The second kappa shape index (κ2) is 13.4. The second-order valence-electron chi connectivity index (χ2n) is 4.30. The number of benzene rings is 2. The summed E-state index contributed by atoms with van der Waals surface area (Å²) < 4.78 is 69.2. The number of furan rings is 1. The van der Waals surface area contributed by atoms with E-state index in [9.17, 15) is 22.0 Å². The van der Waals surface area contributed by atoms with Crippen LogP contribution in [-0.4, -0.2) is 13.2 Å². The van der Waals surface area contributed by atoms with Crippen LogP contribution in [0.25, 0.3) is 11.0 Å². The number of hydrogen-bond acceptors (Lipinski definition) is 3. The first-order chi connectivity index (χ1) is 13.4. The summed E-state index contributed by atoms with van der Waals surface area (Å²) in [5, 5.41) is 0.806. The largest absolute Gasteiger partial charge is 0.586 e. The highest BCUT2D eigenvalue weighted by atomic mass is 19.3. The Hall–Kier alpha value is -2.77. The van der Waals surface area contributed by atoms with Crippen LogP contribution < -0.4 is 9.47 Å². The van der Waals surface area contributed by atoms with Gasteiger partial charge in [0.25, 0.3) is 6.01 Å². The first kappa shape index (κ1) is 25.2. The second-order valence-corrected chi connectivity index (χ2v) is 4.30. The summed E-state index contributed by atoms with van der Waals surface area (Å²) in [5.74, 6) is 0.162. The first-order valence-electron chi connectivity index (χ1n) is 8.56. The highest BCUT2D eigenvalue weighted by Crippen LogP contribution is 2.39. The number of rotatable bonds is 0. The van der Waals surface area contributed by atoms with Crippen LogP contribution >= 0.6 is 0 Å². The van der Waals surface area contributed by atoms with Gasteiger partial charge in [0.15, 0.2) is 11.5 Å². The molecule has 1 aromatic heterocycles. The Morgan fingerprint density at radius 1 is 0.786 bits per heavy atom. The minimum atomic E-state index is -3.50. The van der Waals surface area contributed by atoms with Crippen LogP contribution in [0.15, 0.2) is 59.0 Å². The van der Waals surface area contributed by atoms with Gasteiger partial charge in [-0.3, -0.25) is 0 Å². The van der Waals surface area contributed by atoms with Crippen molar-refractivity contribution in [1.82, 2.24) is 0 Å². The van der Waals surface area contributed by atoms with Crippen LogP contribution in [0.1, 0.15) is 27.7 Å². The van der Waals surface area contributed by atoms with Gasteiger partial charge in [-0.1, -0.05) is 58.0 Å². The van der Waals surface area contributed by atoms with Gasteiger partial charge >= 0.3 is 6.29 Å². The molecular formula is C20H23F5O3. The average molecular weight is 406 g/mol. The van der Waals surface area contributed by atoms with Crippen LogP contribution in [0.3, 0.4) is 0 Å². The SMILES string of the molecule is CC.CC.FC1(F)Oc2ccccc2O1.FCF.Fc1cc2ccccc2o1. The van der Waals surface area contributed by atoms with Crippen LogP contribution in [-0.2, 0) is 0 Å². The van der Waals surface area contributed by atoms with Gasteiger partial charge in [-0.15, -0.1) is 8.78 Å². The third-order valence-corrected chi connectivity index (χ3v) is 2.70. The van der Waals surface area contributed by atoms with E-state index >= 15 is 0 Å². The fourth-order valence-electron chi connectivity index (χ4n) is 1.85. The Balaban J connectivity index is 0.000000398. The maximum atomic E-state index is 12.4. The summed E-state index contributed by atoms with van der Waals surface area (Å²) in [6.45, 7) is 6.25. The Labute approximate surface area is 160 Å². The van der Waals surface area contributed by atoms with Crippen LogP contribution in [0.5, 0.6) is 11.5 Å². The third-order valence-electron chi connectivity index (χ3n) is 2.70.